The highest BCUT2D eigenvalue weighted by Crippen LogP contribution is 2.23. The minimum Gasteiger partial charge on any atom is -0.240 e. The molecule has 0 aromatic carbocycles. The predicted molar refractivity (Wildman–Crippen MR) is 63.9 cm³/mol. The van der Waals surface area contributed by atoms with E-state index in [1.54, 1.807) is 13.1 Å². The maximum atomic E-state index is 12.0. The van der Waals surface area contributed by atoms with E-state index in [4.69, 9.17) is 0 Å². The Balaban J connectivity index is 2.31. The predicted octanol–water partition coefficient (Wildman–Crippen LogP) is 1.61. The van der Waals surface area contributed by atoms with Crippen molar-refractivity contribution in [2.45, 2.75) is 10.9 Å². The molecule has 0 spiro atoms. The number of aryl methyl sites for hydroxylation is 1. The molecule has 0 aliphatic carbocycles. The molecule has 2 rings (SSSR count). The maximum absolute atomic E-state index is 12.0. The van der Waals surface area contributed by atoms with Crippen molar-refractivity contribution < 1.29 is 8.42 Å². The molecule has 16 heavy (non-hydrogen) atoms. The van der Waals surface area contributed by atoms with Crippen molar-refractivity contribution in [1.82, 2.24) is 14.8 Å². The Hall–Kier alpha value is -0.730. The van der Waals surface area contributed by atoms with Gasteiger partial charge in [-0.05, 0) is 22.0 Å². The normalized spacial score (nSPS) is 11.9. The molecule has 0 amide bonds. The van der Waals surface area contributed by atoms with Crippen molar-refractivity contribution in [1.29, 1.82) is 0 Å². The molecule has 86 valence electrons. The number of sulfone groups is 1. The summed E-state index contributed by atoms with van der Waals surface area (Å²) >= 11 is 4.68. The van der Waals surface area contributed by atoms with Crippen molar-refractivity contribution in [3.05, 3.63) is 27.1 Å². The molecule has 2 aromatic heterocycles. The summed E-state index contributed by atoms with van der Waals surface area (Å²) in [5.41, 5.74) is 0. The van der Waals surface area contributed by atoms with Crippen LogP contribution >= 0.6 is 27.3 Å². The minimum atomic E-state index is -3.41. The van der Waals surface area contributed by atoms with Crippen LogP contribution in [0, 0.1) is 0 Å². The van der Waals surface area contributed by atoms with Crippen molar-refractivity contribution in [2.24, 2.45) is 7.05 Å². The lowest BCUT2D eigenvalue weighted by atomic mass is 10.5. The van der Waals surface area contributed by atoms with Gasteiger partial charge in [0.1, 0.15) is 6.33 Å². The largest absolute Gasteiger partial charge is 0.245 e. The van der Waals surface area contributed by atoms with Crippen LogP contribution in [0.25, 0.3) is 0 Å². The summed E-state index contributed by atoms with van der Waals surface area (Å²) in [5, 5.41) is 5.60. The zero-order valence-corrected chi connectivity index (χ0v) is 11.5. The Morgan fingerprint density at radius 2 is 2.31 bits per heavy atom. The standard InChI is InChI=1S/C8H8BrN3O2S2/c1-12-8(10-5-11-12)16(13,14)4-7-2-6(9)3-15-7/h2-3,5H,4H2,1H3. The lowest BCUT2D eigenvalue weighted by Crippen LogP contribution is -2.10. The second kappa shape index (κ2) is 4.27. The van der Waals surface area contributed by atoms with E-state index < -0.39 is 9.84 Å². The average molecular weight is 322 g/mol. The Morgan fingerprint density at radius 1 is 1.56 bits per heavy atom. The summed E-state index contributed by atoms with van der Waals surface area (Å²) in [6, 6.07) is 1.79. The quantitative estimate of drug-likeness (QED) is 0.861. The van der Waals surface area contributed by atoms with Crippen LogP contribution in [0.4, 0.5) is 0 Å². The van der Waals surface area contributed by atoms with E-state index in [1.165, 1.54) is 22.3 Å². The molecule has 5 nitrogen and oxygen atoms in total. The van der Waals surface area contributed by atoms with E-state index in [2.05, 4.69) is 26.0 Å². The summed E-state index contributed by atoms with van der Waals surface area (Å²) in [6.45, 7) is 0. The second-order valence-corrected chi connectivity index (χ2v) is 6.95. The Bertz CT molecular complexity index is 602. The molecule has 0 atom stereocenters. The summed E-state index contributed by atoms with van der Waals surface area (Å²) in [5.74, 6) is -0.0458. The first-order chi connectivity index (χ1) is 7.49. The van der Waals surface area contributed by atoms with Crippen LogP contribution in [-0.2, 0) is 22.6 Å². The van der Waals surface area contributed by atoms with Gasteiger partial charge in [0.25, 0.3) is 0 Å². The highest BCUT2D eigenvalue weighted by Gasteiger charge is 2.21. The lowest BCUT2D eigenvalue weighted by Gasteiger charge is -2.00. The molecule has 0 unspecified atom stereocenters. The van der Waals surface area contributed by atoms with Gasteiger partial charge in [-0.25, -0.2) is 18.1 Å². The van der Waals surface area contributed by atoms with Crippen LogP contribution in [0.2, 0.25) is 0 Å². The van der Waals surface area contributed by atoms with Gasteiger partial charge in [-0.2, -0.15) is 5.10 Å². The third kappa shape index (κ3) is 2.33. The van der Waals surface area contributed by atoms with Gasteiger partial charge in [0.2, 0.25) is 15.0 Å². The molecule has 0 bridgehead atoms. The topological polar surface area (TPSA) is 64.8 Å². The average Bonchev–Trinajstić information content (AvgIpc) is 2.74. The van der Waals surface area contributed by atoms with Gasteiger partial charge < -0.3 is 0 Å². The number of halogens is 1. The first-order valence-corrected chi connectivity index (χ1v) is 7.61. The number of nitrogens with zero attached hydrogens (tertiary/aromatic N) is 3. The number of thiophene rings is 1. The fraction of sp³-hybridized carbons (Fsp3) is 0.250. The Labute approximate surface area is 105 Å². The van der Waals surface area contributed by atoms with Gasteiger partial charge >= 0.3 is 0 Å². The van der Waals surface area contributed by atoms with Gasteiger partial charge in [-0.3, -0.25) is 0 Å². The summed E-state index contributed by atoms with van der Waals surface area (Å²) in [6.07, 6.45) is 1.23. The molecular formula is C8H8BrN3O2S2. The molecule has 0 radical (unpaired) electrons. The molecule has 8 heteroatoms. The van der Waals surface area contributed by atoms with Crippen molar-refractivity contribution >= 4 is 37.1 Å². The van der Waals surface area contributed by atoms with Gasteiger partial charge in [0.15, 0.2) is 0 Å². The molecule has 0 saturated carbocycles. The van der Waals surface area contributed by atoms with Crippen LogP contribution in [0.15, 0.2) is 27.4 Å². The zero-order valence-electron chi connectivity index (χ0n) is 8.29. The highest BCUT2D eigenvalue weighted by molar-refractivity contribution is 9.10. The SMILES string of the molecule is Cn1ncnc1S(=O)(=O)Cc1cc(Br)cs1. The van der Waals surface area contributed by atoms with E-state index in [0.717, 1.165) is 9.35 Å². The molecule has 2 aromatic rings. The number of aromatic nitrogens is 3. The van der Waals surface area contributed by atoms with Gasteiger partial charge in [0, 0.05) is 21.8 Å². The van der Waals surface area contributed by atoms with Crippen LogP contribution in [0.1, 0.15) is 4.88 Å². The molecule has 0 N–H and O–H groups in total. The monoisotopic (exact) mass is 321 g/mol. The van der Waals surface area contributed by atoms with Crippen LogP contribution in [-0.4, -0.2) is 23.2 Å². The maximum Gasteiger partial charge on any atom is 0.245 e. The smallest absolute Gasteiger partial charge is 0.240 e. The fourth-order valence-corrected chi connectivity index (χ4v) is 4.47. The summed E-state index contributed by atoms with van der Waals surface area (Å²) < 4.78 is 26.1. The Morgan fingerprint density at radius 3 is 2.81 bits per heavy atom. The second-order valence-electron chi connectivity index (χ2n) is 3.16. The van der Waals surface area contributed by atoms with E-state index in [9.17, 15) is 8.42 Å². The number of hydrogen-bond acceptors (Lipinski definition) is 5. The third-order valence-electron chi connectivity index (χ3n) is 1.90. The molecule has 0 saturated heterocycles. The van der Waals surface area contributed by atoms with Crippen LogP contribution < -0.4 is 0 Å². The number of hydrogen-bond donors (Lipinski definition) is 0. The van der Waals surface area contributed by atoms with Gasteiger partial charge in [0.05, 0.1) is 5.75 Å². The van der Waals surface area contributed by atoms with Crippen LogP contribution in [0.3, 0.4) is 0 Å². The van der Waals surface area contributed by atoms with Crippen LogP contribution in [0.5, 0.6) is 0 Å². The first kappa shape index (κ1) is 11.7. The molecular weight excluding hydrogens is 314 g/mol. The third-order valence-corrected chi connectivity index (χ3v) is 5.40. The first-order valence-electron chi connectivity index (χ1n) is 4.29. The minimum absolute atomic E-state index is 0.00276. The molecule has 0 aliphatic rings. The zero-order chi connectivity index (χ0) is 11.8. The highest BCUT2D eigenvalue weighted by atomic mass is 79.9. The summed E-state index contributed by atoms with van der Waals surface area (Å²) in [7, 11) is -1.85. The van der Waals surface area contributed by atoms with Crippen molar-refractivity contribution in [3.8, 4) is 0 Å². The number of rotatable bonds is 3. The lowest BCUT2D eigenvalue weighted by molar-refractivity contribution is 0.569. The Kier molecular flexibility index (Phi) is 3.13. The van der Waals surface area contributed by atoms with Gasteiger partial charge in [-0.15, -0.1) is 11.3 Å². The fourth-order valence-electron chi connectivity index (χ4n) is 1.25. The van der Waals surface area contributed by atoms with E-state index >= 15 is 0 Å². The van der Waals surface area contributed by atoms with Crippen molar-refractivity contribution in [3.63, 3.8) is 0 Å². The summed E-state index contributed by atoms with van der Waals surface area (Å²) in [4.78, 5) is 4.52. The molecule has 0 aliphatic heterocycles. The van der Waals surface area contributed by atoms with Gasteiger partial charge in [-0.1, -0.05) is 0 Å². The van der Waals surface area contributed by atoms with E-state index in [1.807, 2.05) is 5.38 Å². The molecule has 2 heterocycles. The van der Waals surface area contributed by atoms with Crippen molar-refractivity contribution in [2.75, 3.05) is 0 Å². The van der Waals surface area contributed by atoms with E-state index in [0.29, 0.717) is 0 Å². The van der Waals surface area contributed by atoms with E-state index in [-0.39, 0.29) is 10.9 Å². The molecule has 0 fully saturated rings.